The lowest BCUT2D eigenvalue weighted by Gasteiger charge is -2.07. The summed E-state index contributed by atoms with van der Waals surface area (Å²) in [4.78, 5) is 12.5. The van der Waals surface area contributed by atoms with Crippen LogP contribution >= 0.6 is 0 Å². The third kappa shape index (κ3) is 3.76. The molecule has 3 aromatic rings. The Morgan fingerprint density at radius 1 is 1.26 bits per heavy atom. The molecule has 0 radical (unpaired) electrons. The molecule has 0 unspecified atom stereocenters. The van der Waals surface area contributed by atoms with E-state index in [1.165, 1.54) is 6.20 Å². The van der Waals surface area contributed by atoms with Crippen LogP contribution in [0.4, 0.5) is 0 Å². The first kappa shape index (κ1) is 17.8. The van der Waals surface area contributed by atoms with Gasteiger partial charge in [0.05, 0.1) is 12.7 Å². The summed E-state index contributed by atoms with van der Waals surface area (Å²) >= 11 is 0. The van der Waals surface area contributed by atoms with E-state index in [9.17, 15) is 8.42 Å². The molecule has 0 atom stereocenters. The average Bonchev–Trinajstić information content (AvgIpc) is 3.32. The number of rotatable bonds is 7. The highest BCUT2D eigenvalue weighted by Crippen LogP contribution is 2.41. The van der Waals surface area contributed by atoms with E-state index in [2.05, 4.69) is 24.8 Å². The van der Waals surface area contributed by atoms with E-state index in [4.69, 9.17) is 0 Å². The Bertz CT molecular complexity index is 1030. The molecule has 10 heteroatoms. The predicted octanol–water partition coefficient (Wildman–Crippen LogP) is 1.24. The molecule has 3 heterocycles. The zero-order chi connectivity index (χ0) is 19.0. The number of hydrogen-bond acceptors (Lipinski definition) is 6. The summed E-state index contributed by atoms with van der Waals surface area (Å²) < 4.78 is 31.0. The molecule has 1 fully saturated rings. The van der Waals surface area contributed by atoms with Gasteiger partial charge in [0.2, 0.25) is 0 Å². The lowest BCUT2D eigenvalue weighted by Crippen LogP contribution is -2.28. The number of nitrogens with one attached hydrogen (secondary N) is 1. The van der Waals surface area contributed by atoms with Gasteiger partial charge in [0.15, 0.2) is 5.03 Å². The van der Waals surface area contributed by atoms with Gasteiger partial charge in [-0.25, -0.2) is 18.1 Å². The molecule has 4 rings (SSSR count). The fourth-order valence-electron chi connectivity index (χ4n) is 2.89. The third-order valence-electron chi connectivity index (χ3n) is 4.61. The Balaban J connectivity index is 1.49. The van der Waals surface area contributed by atoms with E-state index >= 15 is 0 Å². The van der Waals surface area contributed by atoms with Gasteiger partial charge in [0.25, 0.3) is 10.0 Å². The average molecular weight is 387 g/mol. The lowest BCUT2D eigenvalue weighted by atomic mass is 10.2. The van der Waals surface area contributed by atoms with Crippen molar-refractivity contribution in [3.63, 3.8) is 0 Å². The zero-order valence-corrected chi connectivity index (χ0v) is 16.0. The van der Waals surface area contributed by atoms with Gasteiger partial charge in [-0.15, -0.1) is 0 Å². The number of nitrogens with zero attached hydrogens (tertiary/aromatic N) is 6. The van der Waals surface area contributed by atoms with Gasteiger partial charge in [0.1, 0.15) is 17.2 Å². The molecule has 0 saturated heterocycles. The summed E-state index contributed by atoms with van der Waals surface area (Å²) in [5.74, 6) is 1.13. The summed E-state index contributed by atoms with van der Waals surface area (Å²) in [5, 5.41) is 4.64. The van der Waals surface area contributed by atoms with Crippen molar-refractivity contribution in [2.24, 2.45) is 7.05 Å². The van der Waals surface area contributed by atoms with Crippen LogP contribution in [0.1, 0.15) is 30.3 Å². The van der Waals surface area contributed by atoms with Gasteiger partial charge in [0, 0.05) is 43.8 Å². The molecule has 1 saturated carbocycles. The monoisotopic (exact) mass is 387 g/mol. The van der Waals surface area contributed by atoms with Crippen molar-refractivity contribution in [3.05, 3.63) is 42.4 Å². The molecular formula is C17H21N7O2S. The number of aromatic nitrogens is 6. The minimum atomic E-state index is -3.64. The van der Waals surface area contributed by atoms with Gasteiger partial charge in [-0.2, -0.15) is 5.10 Å². The molecular weight excluding hydrogens is 366 g/mol. The van der Waals surface area contributed by atoms with Gasteiger partial charge in [-0.1, -0.05) is 0 Å². The first-order chi connectivity index (χ1) is 12.9. The Morgan fingerprint density at radius 2 is 2.07 bits per heavy atom. The summed E-state index contributed by atoms with van der Waals surface area (Å²) in [6.07, 6.45) is 8.70. The van der Waals surface area contributed by atoms with Crippen molar-refractivity contribution in [1.29, 1.82) is 0 Å². The highest BCUT2D eigenvalue weighted by molar-refractivity contribution is 7.89. The third-order valence-corrected chi connectivity index (χ3v) is 5.94. The lowest BCUT2D eigenvalue weighted by molar-refractivity contribution is 0.549. The van der Waals surface area contributed by atoms with Crippen molar-refractivity contribution in [2.75, 3.05) is 6.54 Å². The van der Waals surface area contributed by atoms with Crippen molar-refractivity contribution in [3.8, 4) is 11.4 Å². The van der Waals surface area contributed by atoms with Gasteiger partial charge < -0.3 is 4.57 Å². The van der Waals surface area contributed by atoms with Gasteiger partial charge in [-0.05, 0) is 25.8 Å². The number of aryl methyl sites for hydroxylation is 2. The van der Waals surface area contributed by atoms with E-state index in [0.717, 1.165) is 24.2 Å². The van der Waals surface area contributed by atoms with Crippen LogP contribution in [-0.2, 0) is 23.6 Å². The molecule has 1 aliphatic carbocycles. The maximum atomic E-state index is 12.4. The van der Waals surface area contributed by atoms with Crippen molar-refractivity contribution >= 4 is 10.0 Å². The maximum absolute atomic E-state index is 12.4. The van der Waals surface area contributed by atoms with Crippen LogP contribution in [-0.4, -0.2) is 44.3 Å². The summed E-state index contributed by atoms with van der Waals surface area (Å²) in [6, 6.07) is 2.03. The second-order valence-electron chi connectivity index (χ2n) is 6.68. The Morgan fingerprint density at radius 3 is 2.70 bits per heavy atom. The number of hydrogen-bond donors (Lipinski definition) is 1. The quantitative estimate of drug-likeness (QED) is 0.653. The zero-order valence-electron chi connectivity index (χ0n) is 15.2. The van der Waals surface area contributed by atoms with E-state index in [1.54, 1.807) is 37.1 Å². The van der Waals surface area contributed by atoms with Gasteiger partial charge in [-0.3, -0.25) is 14.6 Å². The molecule has 3 aromatic heterocycles. The fourth-order valence-corrected chi connectivity index (χ4v) is 3.95. The highest BCUT2D eigenvalue weighted by atomic mass is 32.2. The second-order valence-corrected chi connectivity index (χ2v) is 8.39. The maximum Gasteiger partial charge on any atom is 0.259 e. The first-order valence-corrected chi connectivity index (χ1v) is 10.3. The molecule has 27 heavy (non-hydrogen) atoms. The predicted molar refractivity (Wildman–Crippen MR) is 98.4 cm³/mol. The topological polar surface area (TPSA) is 108 Å². The minimum Gasteiger partial charge on any atom is -0.337 e. The molecule has 0 spiro atoms. The first-order valence-electron chi connectivity index (χ1n) is 8.78. The van der Waals surface area contributed by atoms with Crippen LogP contribution in [0.5, 0.6) is 0 Å². The summed E-state index contributed by atoms with van der Waals surface area (Å²) in [7, 11) is -1.88. The van der Waals surface area contributed by atoms with Crippen LogP contribution in [0.25, 0.3) is 11.4 Å². The molecule has 1 N–H and O–H groups in total. The SMILES string of the molecule is Cc1nc(S(=O)(=O)NCCn2nc(-c3cnccn3)cc2C2CC2)cn1C. The van der Waals surface area contributed by atoms with Crippen LogP contribution in [0.15, 0.2) is 35.9 Å². The normalized spacial score (nSPS) is 14.6. The smallest absolute Gasteiger partial charge is 0.259 e. The largest absolute Gasteiger partial charge is 0.337 e. The van der Waals surface area contributed by atoms with Crippen molar-refractivity contribution < 1.29 is 8.42 Å². The van der Waals surface area contributed by atoms with Crippen LogP contribution in [0.2, 0.25) is 0 Å². The molecule has 1 aliphatic rings. The summed E-state index contributed by atoms with van der Waals surface area (Å²) in [6.45, 7) is 2.44. The molecule has 142 valence electrons. The fraction of sp³-hybridized carbons (Fsp3) is 0.412. The van der Waals surface area contributed by atoms with E-state index in [1.807, 2.05) is 10.7 Å². The van der Waals surface area contributed by atoms with Crippen LogP contribution in [0.3, 0.4) is 0 Å². The highest BCUT2D eigenvalue weighted by Gasteiger charge is 2.28. The number of sulfonamides is 1. The van der Waals surface area contributed by atoms with Crippen molar-refractivity contribution in [2.45, 2.75) is 37.3 Å². The van der Waals surface area contributed by atoms with E-state index in [-0.39, 0.29) is 11.6 Å². The van der Waals surface area contributed by atoms with Crippen molar-refractivity contribution in [1.82, 2.24) is 34.0 Å². The van der Waals surface area contributed by atoms with Crippen LogP contribution < -0.4 is 4.72 Å². The number of imidazole rings is 1. The van der Waals surface area contributed by atoms with E-state index < -0.39 is 10.0 Å². The molecule has 0 bridgehead atoms. The van der Waals surface area contributed by atoms with E-state index in [0.29, 0.717) is 24.0 Å². The van der Waals surface area contributed by atoms with Crippen LogP contribution in [0, 0.1) is 6.92 Å². The molecule has 0 aliphatic heterocycles. The van der Waals surface area contributed by atoms with Gasteiger partial charge >= 0.3 is 0 Å². The molecule has 9 nitrogen and oxygen atoms in total. The second kappa shape index (κ2) is 6.86. The minimum absolute atomic E-state index is 0.0330. The molecule has 0 aromatic carbocycles. The Hall–Kier alpha value is -2.59. The Kier molecular flexibility index (Phi) is 4.52. The summed E-state index contributed by atoms with van der Waals surface area (Å²) in [5.41, 5.74) is 2.58. The standard InChI is InChI=1S/C17H21N7O2S/c1-12-21-17(11-23(12)2)27(25,26)20-7-8-24-16(13-3-4-13)9-14(22-24)15-10-18-5-6-19-15/h5-6,9-11,13,20H,3-4,7-8H2,1-2H3. The molecule has 0 amide bonds. The Labute approximate surface area is 157 Å².